The number of Topliss-reactive ketones (excluding diaryl/α,β-unsaturated/α-hetero) is 1. The van der Waals surface area contributed by atoms with Gasteiger partial charge in [0.1, 0.15) is 11.7 Å². The van der Waals surface area contributed by atoms with Crippen molar-refractivity contribution in [3.63, 3.8) is 0 Å². The minimum atomic E-state index is -0.953. The van der Waals surface area contributed by atoms with Gasteiger partial charge in [-0.2, -0.15) is 0 Å². The number of carbonyl (C=O) groups is 2. The second kappa shape index (κ2) is 5.42. The predicted molar refractivity (Wildman–Crippen MR) is 80.5 cm³/mol. The SMILES string of the molecule is CC#Cc1cc(Cl)c(C2C(=O)NC(C)(C)C2=O)c(OC)c1. The molecule has 0 aliphatic carbocycles. The van der Waals surface area contributed by atoms with E-state index in [4.69, 9.17) is 16.3 Å². The molecule has 0 spiro atoms. The Morgan fingerprint density at radius 3 is 2.48 bits per heavy atom. The molecule has 1 atom stereocenters. The molecule has 5 heteroatoms. The van der Waals surface area contributed by atoms with Crippen molar-refractivity contribution in [3.8, 4) is 17.6 Å². The zero-order chi connectivity index (χ0) is 15.8. The van der Waals surface area contributed by atoms with Crippen LogP contribution < -0.4 is 10.1 Å². The first-order valence-corrected chi connectivity index (χ1v) is 6.86. The molecule has 1 N–H and O–H groups in total. The van der Waals surface area contributed by atoms with Gasteiger partial charge in [0.15, 0.2) is 5.78 Å². The molecule has 1 unspecified atom stereocenters. The third-order valence-electron chi connectivity index (χ3n) is 3.45. The van der Waals surface area contributed by atoms with E-state index in [1.54, 1.807) is 32.9 Å². The molecule has 110 valence electrons. The number of ketones is 1. The summed E-state index contributed by atoms with van der Waals surface area (Å²) in [4.78, 5) is 24.6. The van der Waals surface area contributed by atoms with Crippen LogP contribution in [0.3, 0.4) is 0 Å². The highest BCUT2D eigenvalue weighted by Crippen LogP contribution is 2.39. The van der Waals surface area contributed by atoms with Crippen molar-refractivity contribution in [3.05, 3.63) is 28.3 Å². The van der Waals surface area contributed by atoms with Crippen molar-refractivity contribution in [2.24, 2.45) is 0 Å². The number of nitrogens with one attached hydrogen (secondary N) is 1. The smallest absolute Gasteiger partial charge is 0.236 e. The molecule has 1 aliphatic rings. The van der Waals surface area contributed by atoms with Crippen molar-refractivity contribution in [1.29, 1.82) is 0 Å². The Kier molecular flexibility index (Phi) is 3.97. The summed E-state index contributed by atoms with van der Waals surface area (Å²) in [5.74, 6) is 4.51. The summed E-state index contributed by atoms with van der Waals surface area (Å²) < 4.78 is 5.31. The highest BCUT2D eigenvalue weighted by molar-refractivity contribution is 6.33. The molecule has 1 amide bonds. The molecule has 0 saturated carbocycles. The molecule has 21 heavy (non-hydrogen) atoms. The van der Waals surface area contributed by atoms with Crippen LogP contribution >= 0.6 is 11.6 Å². The number of methoxy groups -OCH3 is 1. The van der Waals surface area contributed by atoms with Gasteiger partial charge in [0, 0.05) is 16.1 Å². The van der Waals surface area contributed by atoms with Gasteiger partial charge in [-0.15, -0.1) is 5.92 Å². The number of amides is 1. The largest absolute Gasteiger partial charge is 0.496 e. The Hall–Kier alpha value is -1.99. The fourth-order valence-corrected chi connectivity index (χ4v) is 2.76. The molecular formula is C16H16ClNO3. The Morgan fingerprint density at radius 1 is 1.33 bits per heavy atom. The summed E-state index contributed by atoms with van der Waals surface area (Å²) in [5.41, 5.74) is 0.167. The van der Waals surface area contributed by atoms with Crippen molar-refractivity contribution >= 4 is 23.3 Å². The highest BCUT2D eigenvalue weighted by Gasteiger charge is 2.48. The van der Waals surface area contributed by atoms with Gasteiger partial charge in [0.05, 0.1) is 12.6 Å². The van der Waals surface area contributed by atoms with Crippen LogP contribution in [0.1, 0.15) is 37.8 Å². The molecule has 1 aromatic carbocycles. The van der Waals surface area contributed by atoms with Crippen LogP contribution in [0.4, 0.5) is 0 Å². The summed E-state index contributed by atoms with van der Waals surface area (Å²) in [6, 6.07) is 3.32. The van der Waals surface area contributed by atoms with Crippen LogP contribution in [-0.2, 0) is 9.59 Å². The van der Waals surface area contributed by atoms with Gasteiger partial charge in [0.25, 0.3) is 0 Å². The Balaban J connectivity index is 2.61. The van der Waals surface area contributed by atoms with Crippen LogP contribution in [0, 0.1) is 11.8 Å². The summed E-state index contributed by atoms with van der Waals surface area (Å²) in [7, 11) is 1.47. The van der Waals surface area contributed by atoms with E-state index in [0.717, 1.165) is 0 Å². The molecular weight excluding hydrogens is 290 g/mol. The fraction of sp³-hybridized carbons (Fsp3) is 0.375. The number of ether oxygens (including phenoxy) is 1. The maximum absolute atomic E-state index is 12.4. The Morgan fingerprint density at radius 2 is 2.00 bits per heavy atom. The maximum Gasteiger partial charge on any atom is 0.236 e. The zero-order valence-electron chi connectivity index (χ0n) is 12.3. The lowest BCUT2D eigenvalue weighted by atomic mass is 9.88. The molecule has 1 fully saturated rings. The first-order chi connectivity index (χ1) is 9.81. The summed E-state index contributed by atoms with van der Waals surface area (Å²) in [6.07, 6.45) is 0. The monoisotopic (exact) mass is 305 g/mol. The Bertz CT molecular complexity index is 683. The third-order valence-corrected chi connectivity index (χ3v) is 3.76. The molecule has 1 heterocycles. The second-order valence-electron chi connectivity index (χ2n) is 5.36. The maximum atomic E-state index is 12.4. The van der Waals surface area contributed by atoms with E-state index in [0.29, 0.717) is 21.9 Å². The lowest BCUT2D eigenvalue weighted by Crippen LogP contribution is -2.39. The van der Waals surface area contributed by atoms with Crippen molar-refractivity contribution in [1.82, 2.24) is 5.32 Å². The van der Waals surface area contributed by atoms with Crippen LogP contribution in [0.15, 0.2) is 12.1 Å². The predicted octanol–water partition coefficient (Wildman–Crippen LogP) is 2.28. The van der Waals surface area contributed by atoms with Gasteiger partial charge in [-0.1, -0.05) is 17.5 Å². The number of hydrogen-bond donors (Lipinski definition) is 1. The van der Waals surface area contributed by atoms with Gasteiger partial charge in [-0.25, -0.2) is 0 Å². The van der Waals surface area contributed by atoms with E-state index in [9.17, 15) is 9.59 Å². The first kappa shape index (κ1) is 15.4. The Labute approximate surface area is 128 Å². The zero-order valence-corrected chi connectivity index (χ0v) is 13.1. The van der Waals surface area contributed by atoms with Gasteiger partial charge < -0.3 is 10.1 Å². The standard InChI is InChI=1S/C16H16ClNO3/c1-5-6-9-7-10(17)12(11(8-9)21-4)13-14(19)16(2,3)18-15(13)20/h7-8,13H,1-4H3,(H,18,20). The van der Waals surface area contributed by atoms with Gasteiger partial charge in [-0.3, -0.25) is 9.59 Å². The number of rotatable bonds is 2. The highest BCUT2D eigenvalue weighted by atomic mass is 35.5. The van der Waals surface area contributed by atoms with Crippen LogP contribution in [0.2, 0.25) is 5.02 Å². The third kappa shape index (κ3) is 2.62. The molecule has 0 radical (unpaired) electrons. The summed E-state index contributed by atoms with van der Waals surface area (Å²) >= 11 is 6.27. The molecule has 0 bridgehead atoms. The van der Waals surface area contributed by atoms with Crippen molar-refractivity contribution in [2.75, 3.05) is 7.11 Å². The van der Waals surface area contributed by atoms with Gasteiger partial charge in [0.2, 0.25) is 5.91 Å². The van der Waals surface area contributed by atoms with Crippen LogP contribution in [-0.4, -0.2) is 24.3 Å². The summed E-state index contributed by atoms with van der Waals surface area (Å²) in [5, 5.41) is 2.98. The number of hydrogen-bond acceptors (Lipinski definition) is 3. The molecule has 1 aromatic rings. The first-order valence-electron chi connectivity index (χ1n) is 6.48. The van der Waals surface area contributed by atoms with E-state index in [1.807, 2.05) is 0 Å². The van der Waals surface area contributed by atoms with E-state index in [2.05, 4.69) is 17.2 Å². The molecule has 2 rings (SSSR count). The van der Waals surface area contributed by atoms with E-state index < -0.39 is 11.5 Å². The average Bonchev–Trinajstić information content (AvgIpc) is 2.59. The van der Waals surface area contributed by atoms with Crippen LogP contribution in [0.25, 0.3) is 0 Å². The fourth-order valence-electron chi connectivity index (χ4n) is 2.44. The normalized spacial score (nSPS) is 19.8. The number of carbonyl (C=O) groups excluding carboxylic acids is 2. The minimum Gasteiger partial charge on any atom is -0.496 e. The van der Waals surface area contributed by atoms with Gasteiger partial charge in [-0.05, 0) is 32.9 Å². The minimum absolute atomic E-state index is 0.220. The van der Waals surface area contributed by atoms with E-state index in [-0.39, 0.29) is 11.7 Å². The lowest BCUT2D eigenvalue weighted by molar-refractivity contribution is -0.125. The van der Waals surface area contributed by atoms with Gasteiger partial charge >= 0.3 is 0 Å². The van der Waals surface area contributed by atoms with E-state index in [1.165, 1.54) is 7.11 Å². The molecule has 1 saturated heterocycles. The lowest BCUT2D eigenvalue weighted by Gasteiger charge is -2.17. The van der Waals surface area contributed by atoms with Crippen LogP contribution in [0.5, 0.6) is 5.75 Å². The van der Waals surface area contributed by atoms with Crippen molar-refractivity contribution in [2.45, 2.75) is 32.2 Å². The van der Waals surface area contributed by atoms with Crippen molar-refractivity contribution < 1.29 is 14.3 Å². The molecule has 1 aliphatic heterocycles. The number of benzene rings is 1. The van der Waals surface area contributed by atoms with E-state index >= 15 is 0 Å². The summed E-state index contributed by atoms with van der Waals surface area (Å²) in [6.45, 7) is 5.06. The topological polar surface area (TPSA) is 55.4 Å². The quantitative estimate of drug-likeness (QED) is 0.674. The number of halogens is 1. The molecule has 0 aromatic heterocycles. The molecule has 4 nitrogen and oxygen atoms in total. The second-order valence-corrected chi connectivity index (χ2v) is 5.77. The average molecular weight is 306 g/mol.